The second-order valence-electron chi connectivity index (χ2n) is 8.16. The van der Waals surface area contributed by atoms with Gasteiger partial charge in [-0.15, -0.1) is 0 Å². The molecule has 2 N–H and O–H groups in total. The molecule has 186 valence electrons. The van der Waals surface area contributed by atoms with Gasteiger partial charge in [-0.3, -0.25) is 14.2 Å². The van der Waals surface area contributed by atoms with Crippen LogP contribution in [-0.2, 0) is 12.5 Å². The van der Waals surface area contributed by atoms with E-state index in [1.807, 2.05) is 0 Å². The van der Waals surface area contributed by atoms with Crippen molar-refractivity contribution < 1.29 is 18.7 Å². The van der Waals surface area contributed by atoms with E-state index in [1.165, 1.54) is 47.0 Å². The van der Waals surface area contributed by atoms with Gasteiger partial charge in [0.25, 0.3) is 17.4 Å². The number of anilines is 1. The summed E-state index contributed by atoms with van der Waals surface area (Å²) in [7, 11) is 0. The Morgan fingerprint density at radius 1 is 1.08 bits per heavy atom. The quantitative estimate of drug-likeness (QED) is 0.286. The Morgan fingerprint density at radius 2 is 1.72 bits per heavy atom. The number of aromatic hydroxyl groups is 1. The Morgan fingerprint density at radius 3 is 2.36 bits per heavy atom. The van der Waals surface area contributed by atoms with Gasteiger partial charge in [0, 0.05) is 18.1 Å². The number of amides is 1. The molecule has 0 unspecified atom stereocenters. The molecule has 0 spiro atoms. The maximum Gasteiger partial charge on any atom is 0.270 e. The molecule has 4 rings (SSSR count). The number of phenolic OH excluding ortho intramolecular Hbond substituents is 1. The third-order valence-electron chi connectivity index (χ3n) is 5.60. The Kier molecular flexibility index (Phi) is 6.96. The first kappa shape index (κ1) is 25.9. The van der Waals surface area contributed by atoms with Crippen molar-refractivity contribution in [3.8, 4) is 5.75 Å². The van der Waals surface area contributed by atoms with Crippen LogP contribution in [0, 0.1) is 6.92 Å². The summed E-state index contributed by atoms with van der Waals surface area (Å²) in [4.78, 5) is 30.9. The first-order chi connectivity index (χ1) is 16.9. The highest BCUT2D eigenvalue weighted by molar-refractivity contribution is 6.38. The second-order valence-corrected chi connectivity index (χ2v) is 9.38. The van der Waals surface area contributed by atoms with E-state index >= 15 is 0 Å². The molecule has 0 saturated heterocycles. The minimum atomic E-state index is -3.12. The molecule has 0 aliphatic rings. The molecule has 0 aliphatic heterocycles. The van der Waals surface area contributed by atoms with Gasteiger partial charge in [0.2, 0.25) is 0 Å². The average Bonchev–Trinajstić information content (AvgIpc) is 2.81. The van der Waals surface area contributed by atoms with E-state index in [0.717, 1.165) is 6.92 Å². The topological polar surface area (TPSA) is 84.2 Å². The van der Waals surface area contributed by atoms with Crippen LogP contribution in [0.25, 0.3) is 10.9 Å². The van der Waals surface area contributed by atoms with Crippen molar-refractivity contribution in [3.05, 3.63) is 96.5 Å². The lowest BCUT2D eigenvalue weighted by Crippen LogP contribution is -2.27. The van der Waals surface area contributed by atoms with Gasteiger partial charge in [-0.05, 0) is 36.8 Å². The van der Waals surface area contributed by atoms with Gasteiger partial charge >= 0.3 is 0 Å². The van der Waals surface area contributed by atoms with Crippen LogP contribution in [0.4, 0.5) is 14.5 Å². The van der Waals surface area contributed by atoms with Crippen LogP contribution < -0.4 is 10.9 Å². The monoisotopic (exact) mass is 551 g/mol. The summed E-state index contributed by atoms with van der Waals surface area (Å²) in [6, 6.07) is 11.3. The first-order valence-corrected chi connectivity index (χ1v) is 11.7. The number of nitrogens with zero attached hydrogens (tertiary/aromatic N) is 2. The van der Waals surface area contributed by atoms with Gasteiger partial charge in [-0.25, -0.2) is 13.8 Å². The number of rotatable bonds is 5. The molecule has 4 aromatic rings. The maximum atomic E-state index is 14.2. The smallest absolute Gasteiger partial charge is 0.270 e. The van der Waals surface area contributed by atoms with Crippen LogP contribution in [0.1, 0.15) is 34.2 Å². The van der Waals surface area contributed by atoms with Crippen LogP contribution in [0.15, 0.2) is 53.3 Å². The minimum absolute atomic E-state index is 0.00170. The van der Waals surface area contributed by atoms with Crippen molar-refractivity contribution in [1.82, 2.24) is 9.55 Å². The van der Waals surface area contributed by atoms with Crippen molar-refractivity contribution >= 4 is 57.3 Å². The molecule has 0 saturated carbocycles. The average molecular weight is 553 g/mol. The number of aromatic nitrogens is 2. The van der Waals surface area contributed by atoms with Crippen LogP contribution in [0.2, 0.25) is 15.1 Å². The highest BCUT2D eigenvalue weighted by Gasteiger charge is 2.28. The van der Waals surface area contributed by atoms with Gasteiger partial charge in [0.15, 0.2) is 5.75 Å². The van der Waals surface area contributed by atoms with Crippen molar-refractivity contribution in [2.24, 2.45) is 0 Å². The molecular formula is C25H18Cl3F2N3O3. The predicted octanol–water partition coefficient (Wildman–Crippen LogP) is 6.78. The van der Waals surface area contributed by atoms with E-state index < -0.39 is 17.4 Å². The molecule has 1 amide bonds. The lowest BCUT2D eigenvalue weighted by atomic mass is 10.0. The van der Waals surface area contributed by atoms with Crippen LogP contribution >= 0.6 is 34.8 Å². The number of carbonyl (C=O) groups excluding carboxylic acids is 1. The van der Waals surface area contributed by atoms with Crippen LogP contribution in [-0.4, -0.2) is 20.6 Å². The molecule has 36 heavy (non-hydrogen) atoms. The van der Waals surface area contributed by atoms with Crippen molar-refractivity contribution in [2.75, 3.05) is 5.32 Å². The summed E-state index contributed by atoms with van der Waals surface area (Å²) in [5.41, 5.74) is -0.268. The molecule has 1 heterocycles. The number of carbonyl (C=O) groups is 1. The van der Waals surface area contributed by atoms with E-state index in [2.05, 4.69) is 10.3 Å². The summed E-state index contributed by atoms with van der Waals surface area (Å²) in [5, 5.41) is 12.3. The minimum Gasteiger partial charge on any atom is -0.505 e. The number of nitrogens with one attached hydrogen (secondary N) is 1. The molecule has 1 aromatic heterocycles. The SMILES string of the molecule is Cc1nc2c(Cl)ccc(NC(=O)c3cc(Cl)c(O)c(Cl)c3)c2c(=O)n1Cc1ccccc1C(C)(F)F. The molecule has 3 aromatic carbocycles. The van der Waals surface area contributed by atoms with Crippen LogP contribution in [0.3, 0.4) is 0 Å². The molecule has 0 atom stereocenters. The summed E-state index contributed by atoms with van der Waals surface area (Å²) >= 11 is 18.1. The highest BCUT2D eigenvalue weighted by atomic mass is 35.5. The summed E-state index contributed by atoms with van der Waals surface area (Å²) in [5.74, 6) is -3.89. The molecule has 11 heteroatoms. The van der Waals surface area contributed by atoms with Crippen molar-refractivity contribution in [3.63, 3.8) is 0 Å². The Bertz CT molecular complexity index is 1560. The predicted molar refractivity (Wildman–Crippen MR) is 137 cm³/mol. The number of phenols is 1. The van der Waals surface area contributed by atoms with Crippen molar-refractivity contribution in [2.45, 2.75) is 26.3 Å². The fraction of sp³-hybridized carbons (Fsp3) is 0.160. The molecule has 0 bridgehead atoms. The van der Waals surface area contributed by atoms with E-state index in [9.17, 15) is 23.5 Å². The van der Waals surface area contributed by atoms with Crippen LogP contribution in [0.5, 0.6) is 5.75 Å². The van der Waals surface area contributed by atoms with E-state index in [1.54, 1.807) is 13.0 Å². The lowest BCUT2D eigenvalue weighted by molar-refractivity contribution is 0.0164. The summed E-state index contributed by atoms with van der Waals surface area (Å²) in [6.07, 6.45) is 0. The van der Waals surface area contributed by atoms with Gasteiger partial charge < -0.3 is 10.4 Å². The number of aryl methyl sites for hydroxylation is 1. The normalized spacial score (nSPS) is 11.6. The third-order valence-corrected chi connectivity index (χ3v) is 6.48. The summed E-state index contributed by atoms with van der Waals surface area (Å²) in [6.45, 7) is 2.18. The van der Waals surface area contributed by atoms with Crippen molar-refractivity contribution in [1.29, 1.82) is 0 Å². The number of alkyl halides is 2. The third kappa shape index (κ3) is 4.89. The molecule has 0 radical (unpaired) electrons. The van der Waals surface area contributed by atoms with Gasteiger partial charge in [0.1, 0.15) is 5.82 Å². The fourth-order valence-corrected chi connectivity index (χ4v) is 4.52. The highest BCUT2D eigenvalue weighted by Crippen LogP contribution is 2.34. The first-order valence-electron chi connectivity index (χ1n) is 10.5. The Labute approximate surface area is 219 Å². The number of hydrogen-bond acceptors (Lipinski definition) is 4. The van der Waals surface area contributed by atoms with E-state index in [0.29, 0.717) is 0 Å². The molecule has 6 nitrogen and oxygen atoms in total. The zero-order chi connectivity index (χ0) is 26.4. The fourth-order valence-electron chi connectivity index (χ4n) is 3.83. The standard InChI is InChI=1S/C25H18Cl3F2N3O3/c1-12-31-21-16(26)7-8-19(32-23(35)14-9-17(27)22(34)18(28)10-14)20(21)24(36)33(12)11-13-5-3-4-6-15(13)25(2,29)30/h3-10,34H,11H2,1-2H3,(H,32,35). The number of benzene rings is 3. The Balaban J connectivity index is 1.83. The maximum absolute atomic E-state index is 14.2. The Hall–Kier alpha value is -3.20. The number of hydrogen-bond donors (Lipinski definition) is 2. The molecule has 0 fully saturated rings. The van der Waals surface area contributed by atoms with Gasteiger partial charge in [-0.1, -0.05) is 59.1 Å². The van der Waals surface area contributed by atoms with Gasteiger partial charge in [0.05, 0.1) is 38.2 Å². The number of halogens is 5. The molecular weight excluding hydrogens is 535 g/mol. The van der Waals surface area contributed by atoms with E-state index in [4.69, 9.17) is 34.8 Å². The zero-order valence-electron chi connectivity index (χ0n) is 18.9. The van der Waals surface area contributed by atoms with Gasteiger partial charge in [-0.2, -0.15) is 0 Å². The second kappa shape index (κ2) is 9.69. The largest absolute Gasteiger partial charge is 0.505 e. The molecule has 0 aliphatic carbocycles. The van der Waals surface area contributed by atoms with E-state index in [-0.39, 0.29) is 66.5 Å². The summed E-state index contributed by atoms with van der Waals surface area (Å²) < 4.78 is 29.6. The number of fused-ring (bicyclic) bond motifs is 1. The zero-order valence-corrected chi connectivity index (χ0v) is 21.1. The lowest BCUT2D eigenvalue weighted by Gasteiger charge is -2.18.